The third-order valence-corrected chi connectivity index (χ3v) is 7.52. The maximum Gasteiger partial charge on any atom is 0.192 e. The van der Waals surface area contributed by atoms with E-state index < -0.39 is 0 Å². The van der Waals surface area contributed by atoms with Crippen LogP contribution >= 0.6 is 12.4 Å². The van der Waals surface area contributed by atoms with Crippen LogP contribution in [0, 0.1) is 20.8 Å². The molecule has 0 aliphatic carbocycles. The minimum atomic E-state index is 0. The first-order chi connectivity index (χ1) is 16.5. The van der Waals surface area contributed by atoms with E-state index in [2.05, 4.69) is 97.7 Å². The Morgan fingerprint density at radius 3 is 2.31 bits per heavy atom. The fourth-order valence-electron chi connectivity index (χ4n) is 5.88. The Morgan fingerprint density at radius 2 is 1.63 bits per heavy atom. The molecule has 0 aromatic heterocycles. The molecule has 184 valence electrons. The number of nitrogens with one attached hydrogen (secondary N) is 1. The Labute approximate surface area is 216 Å². The van der Waals surface area contributed by atoms with Crippen LogP contribution in [0.5, 0.6) is 0 Å². The first kappa shape index (κ1) is 25.1. The topological polar surface area (TPSA) is 53.6 Å². The molecule has 3 aromatic carbocycles. The zero-order valence-electron chi connectivity index (χ0n) is 21.0. The molecule has 0 unspecified atom stereocenters. The molecule has 0 spiro atoms. The number of halogens is 1. The lowest BCUT2D eigenvalue weighted by Crippen LogP contribution is -2.48. The van der Waals surface area contributed by atoms with E-state index in [-0.39, 0.29) is 18.4 Å². The maximum absolute atomic E-state index is 6.50. The van der Waals surface area contributed by atoms with Gasteiger partial charge < -0.3 is 16.0 Å². The van der Waals surface area contributed by atoms with Gasteiger partial charge in [0.25, 0.3) is 0 Å². The van der Waals surface area contributed by atoms with Crippen molar-refractivity contribution in [3.8, 4) is 0 Å². The first-order valence-electron chi connectivity index (χ1n) is 12.6. The van der Waals surface area contributed by atoms with E-state index in [0.29, 0.717) is 12.1 Å². The van der Waals surface area contributed by atoms with Crippen molar-refractivity contribution >= 4 is 29.7 Å². The normalized spacial score (nSPS) is 21.2. The SMILES string of the molecule is Cc1cc(C)c(Nc2ccc(CC[C@H]3CC[C@@H]4C[C@H](c5ccccc5)N=C(N)N34)cc2)c(C)c1.Cl. The number of benzene rings is 3. The zero-order valence-corrected chi connectivity index (χ0v) is 21.8. The molecule has 35 heavy (non-hydrogen) atoms. The van der Waals surface area contributed by atoms with E-state index in [1.807, 2.05) is 0 Å². The molecule has 3 aromatic rings. The molecule has 0 amide bonds. The van der Waals surface area contributed by atoms with Crippen molar-refractivity contribution in [2.24, 2.45) is 10.7 Å². The third kappa shape index (κ3) is 5.48. The standard InChI is InChI=1S/C30H36N4.ClH/c1-20-17-21(2)29(22(3)18-20)32-25-12-9-23(10-13-25)11-14-26-15-16-27-19-28(33-30(31)34(26)27)24-7-5-4-6-8-24;/h4-10,12-13,17-18,26-28,32H,11,14-16,19H2,1-3H3,(H2,31,33);1H/t26-,27+,28+;/m0./s1. The molecule has 5 heteroatoms. The highest BCUT2D eigenvalue weighted by molar-refractivity contribution is 5.85. The Balaban J connectivity index is 0.00000289. The van der Waals surface area contributed by atoms with Crippen molar-refractivity contribution in [3.05, 3.63) is 94.5 Å². The van der Waals surface area contributed by atoms with E-state index in [1.165, 1.54) is 46.3 Å². The predicted octanol–water partition coefficient (Wildman–Crippen LogP) is 7.00. The van der Waals surface area contributed by atoms with Crippen LogP contribution in [-0.2, 0) is 6.42 Å². The Hall–Kier alpha value is -2.98. The van der Waals surface area contributed by atoms with Crippen molar-refractivity contribution in [2.45, 2.75) is 71.0 Å². The molecule has 2 aliphatic heterocycles. The number of aryl methyl sites for hydroxylation is 4. The van der Waals surface area contributed by atoms with Gasteiger partial charge >= 0.3 is 0 Å². The molecule has 4 nitrogen and oxygen atoms in total. The molecule has 2 heterocycles. The number of nitrogens with zero attached hydrogens (tertiary/aromatic N) is 2. The number of nitrogens with two attached hydrogens (primary N) is 1. The van der Waals surface area contributed by atoms with Crippen LogP contribution in [0.3, 0.4) is 0 Å². The van der Waals surface area contributed by atoms with Gasteiger partial charge in [0, 0.05) is 23.5 Å². The van der Waals surface area contributed by atoms with Gasteiger partial charge in [-0.15, -0.1) is 12.4 Å². The van der Waals surface area contributed by atoms with Gasteiger partial charge in [0.05, 0.1) is 6.04 Å². The van der Waals surface area contributed by atoms with E-state index in [0.717, 1.165) is 30.9 Å². The second kappa shape index (κ2) is 10.7. The highest BCUT2D eigenvalue weighted by Crippen LogP contribution is 2.38. The van der Waals surface area contributed by atoms with Crippen LogP contribution in [0.25, 0.3) is 0 Å². The van der Waals surface area contributed by atoms with Crippen molar-refractivity contribution < 1.29 is 0 Å². The number of fused-ring (bicyclic) bond motifs is 1. The number of aliphatic imine (C=N–C) groups is 1. The Morgan fingerprint density at radius 1 is 0.943 bits per heavy atom. The molecule has 1 saturated heterocycles. The largest absolute Gasteiger partial charge is 0.370 e. The lowest BCUT2D eigenvalue weighted by Gasteiger charge is -2.37. The molecule has 3 N–H and O–H groups in total. The van der Waals surface area contributed by atoms with Crippen LogP contribution in [0.1, 0.15) is 59.5 Å². The molecule has 0 radical (unpaired) electrons. The summed E-state index contributed by atoms with van der Waals surface area (Å²) < 4.78 is 0. The highest BCUT2D eigenvalue weighted by atomic mass is 35.5. The third-order valence-electron chi connectivity index (χ3n) is 7.52. The fourth-order valence-corrected chi connectivity index (χ4v) is 5.88. The average molecular weight is 489 g/mol. The average Bonchev–Trinajstić information content (AvgIpc) is 3.25. The number of hydrogen-bond donors (Lipinski definition) is 2. The van der Waals surface area contributed by atoms with E-state index in [1.54, 1.807) is 0 Å². The minimum absolute atomic E-state index is 0. The van der Waals surface area contributed by atoms with Gasteiger partial charge in [0.1, 0.15) is 0 Å². The smallest absolute Gasteiger partial charge is 0.192 e. The van der Waals surface area contributed by atoms with E-state index in [4.69, 9.17) is 10.7 Å². The van der Waals surface area contributed by atoms with Crippen LogP contribution in [-0.4, -0.2) is 22.9 Å². The second-order valence-corrected chi connectivity index (χ2v) is 10.1. The van der Waals surface area contributed by atoms with Crippen molar-refractivity contribution in [3.63, 3.8) is 0 Å². The first-order valence-corrected chi connectivity index (χ1v) is 12.6. The van der Waals surface area contributed by atoms with Gasteiger partial charge in [-0.3, -0.25) is 0 Å². The second-order valence-electron chi connectivity index (χ2n) is 10.1. The Bertz CT molecular complexity index is 1150. The lowest BCUT2D eigenvalue weighted by atomic mass is 9.97. The van der Waals surface area contributed by atoms with Crippen molar-refractivity contribution in [1.29, 1.82) is 0 Å². The summed E-state index contributed by atoms with van der Waals surface area (Å²) in [6, 6.07) is 25.2. The van der Waals surface area contributed by atoms with Crippen LogP contribution in [0.15, 0.2) is 71.7 Å². The lowest BCUT2D eigenvalue weighted by molar-refractivity contribution is 0.256. The quantitative estimate of drug-likeness (QED) is 0.392. The predicted molar refractivity (Wildman–Crippen MR) is 150 cm³/mol. The summed E-state index contributed by atoms with van der Waals surface area (Å²) in [5, 5.41) is 3.61. The molecule has 1 fully saturated rings. The minimum Gasteiger partial charge on any atom is -0.370 e. The summed E-state index contributed by atoms with van der Waals surface area (Å²) in [5.74, 6) is 0.732. The summed E-state index contributed by atoms with van der Waals surface area (Å²) >= 11 is 0. The van der Waals surface area contributed by atoms with E-state index in [9.17, 15) is 0 Å². The molecular formula is C30H37ClN4. The van der Waals surface area contributed by atoms with Gasteiger partial charge in [-0.1, -0.05) is 60.2 Å². The van der Waals surface area contributed by atoms with Crippen LogP contribution in [0.4, 0.5) is 11.4 Å². The number of anilines is 2. The summed E-state index contributed by atoms with van der Waals surface area (Å²) in [4.78, 5) is 7.30. The monoisotopic (exact) mass is 488 g/mol. The van der Waals surface area contributed by atoms with Crippen molar-refractivity contribution in [2.75, 3.05) is 5.32 Å². The number of rotatable bonds is 6. The van der Waals surface area contributed by atoms with Crippen molar-refractivity contribution in [1.82, 2.24) is 4.90 Å². The maximum atomic E-state index is 6.50. The molecule has 2 aliphatic rings. The fraction of sp³-hybridized carbons (Fsp3) is 0.367. The highest BCUT2D eigenvalue weighted by Gasteiger charge is 2.39. The van der Waals surface area contributed by atoms with Gasteiger partial charge in [-0.2, -0.15) is 0 Å². The summed E-state index contributed by atoms with van der Waals surface area (Å²) in [6.45, 7) is 6.49. The number of guanidine groups is 1. The van der Waals surface area contributed by atoms with Crippen LogP contribution in [0.2, 0.25) is 0 Å². The number of hydrogen-bond acceptors (Lipinski definition) is 4. The van der Waals surface area contributed by atoms with Crippen LogP contribution < -0.4 is 11.1 Å². The summed E-state index contributed by atoms with van der Waals surface area (Å²) in [7, 11) is 0. The molecule has 0 saturated carbocycles. The van der Waals surface area contributed by atoms with Gasteiger partial charge in [0.2, 0.25) is 0 Å². The van der Waals surface area contributed by atoms with Gasteiger partial charge in [0.15, 0.2) is 5.96 Å². The van der Waals surface area contributed by atoms with Gasteiger partial charge in [-0.25, -0.2) is 4.99 Å². The summed E-state index contributed by atoms with van der Waals surface area (Å²) in [5.41, 5.74) is 15.4. The van der Waals surface area contributed by atoms with E-state index >= 15 is 0 Å². The molecular weight excluding hydrogens is 452 g/mol. The Kier molecular flexibility index (Phi) is 7.71. The molecule has 0 bridgehead atoms. The van der Waals surface area contributed by atoms with Gasteiger partial charge in [-0.05, 0) is 87.3 Å². The molecule has 3 atom stereocenters. The summed E-state index contributed by atoms with van der Waals surface area (Å²) in [6.07, 6.45) is 5.66. The zero-order chi connectivity index (χ0) is 23.7. The molecule has 5 rings (SSSR count).